The van der Waals surface area contributed by atoms with Crippen LogP contribution in [0.15, 0.2) is 60.7 Å². The molecule has 0 radical (unpaired) electrons. The molecule has 4 heteroatoms. The molecule has 0 heterocycles. The molecule has 1 N–H and O–H groups in total. The van der Waals surface area contributed by atoms with Gasteiger partial charge in [-0.05, 0) is 30.0 Å². The topological polar surface area (TPSA) is 38.3 Å². The lowest BCUT2D eigenvalue weighted by Crippen LogP contribution is -2.43. The Bertz CT molecular complexity index is 861. The second-order valence-electron chi connectivity index (χ2n) is 9.57. The maximum atomic E-state index is 12.6. The summed E-state index contributed by atoms with van der Waals surface area (Å²) in [5.74, 6) is 3.46. The van der Waals surface area contributed by atoms with Gasteiger partial charge in [-0.15, -0.1) is 5.54 Å². The fraction of sp³-hybridized carbons (Fsp3) is 0.444. The summed E-state index contributed by atoms with van der Waals surface area (Å²) in [4.78, 5) is 12.6. The van der Waals surface area contributed by atoms with Gasteiger partial charge in [-0.3, -0.25) is 4.79 Å². The third-order valence-electron chi connectivity index (χ3n) is 5.18. The number of hydrogen-bond acceptors (Lipinski definition) is 2. The van der Waals surface area contributed by atoms with E-state index in [9.17, 15) is 4.79 Å². The van der Waals surface area contributed by atoms with Crippen LogP contribution in [0.3, 0.4) is 0 Å². The van der Waals surface area contributed by atoms with Crippen molar-refractivity contribution in [3.8, 4) is 11.5 Å². The van der Waals surface area contributed by atoms with E-state index in [2.05, 4.69) is 66.3 Å². The van der Waals surface area contributed by atoms with Gasteiger partial charge >= 0.3 is 0 Å². The Morgan fingerprint density at radius 1 is 1.00 bits per heavy atom. The van der Waals surface area contributed by atoms with E-state index in [4.69, 9.17) is 4.74 Å². The second kappa shape index (κ2) is 11.9. The zero-order chi connectivity index (χ0) is 22.7. The third-order valence-corrected chi connectivity index (χ3v) is 7.73. The molecular formula is C27H37NO2Si. The van der Waals surface area contributed by atoms with Crippen molar-refractivity contribution in [2.75, 3.05) is 6.61 Å². The van der Waals surface area contributed by atoms with Gasteiger partial charge in [0.25, 0.3) is 0 Å². The summed E-state index contributed by atoms with van der Waals surface area (Å²) in [6.45, 7) is 11.7. The summed E-state index contributed by atoms with van der Waals surface area (Å²) in [7, 11) is -1.87. The molecule has 0 aliphatic carbocycles. The van der Waals surface area contributed by atoms with Crippen molar-refractivity contribution in [1.29, 1.82) is 0 Å². The normalized spacial score (nSPS) is 12.5. The van der Waals surface area contributed by atoms with Crippen molar-refractivity contribution in [2.45, 2.75) is 65.8 Å². The average molecular weight is 436 g/mol. The highest BCUT2D eigenvalue weighted by atomic mass is 28.3. The zero-order valence-corrected chi connectivity index (χ0v) is 20.7. The van der Waals surface area contributed by atoms with E-state index in [0.29, 0.717) is 13.2 Å². The summed E-state index contributed by atoms with van der Waals surface area (Å²) < 4.78 is 5.79. The van der Waals surface area contributed by atoms with Crippen LogP contribution < -0.4 is 10.5 Å². The van der Waals surface area contributed by atoms with E-state index in [-0.39, 0.29) is 11.9 Å². The molecule has 0 aromatic heterocycles. The summed E-state index contributed by atoms with van der Waals surface area (Å²) >= 11 is 0. The highest BCUT2D eigenvalue weighted by Crippen LogP contribution is 2.14. The van der Waals surface area contributed by atoms with Crippen LogP contribution in [-0.2, 0) is 16.1 Å². The van der Waals surface area contributed by atoms with E-state index in [1.54, 1.807) is 0 Å². The molecule has 2 aromatic carbocycles. The molecule has 0 aliphatic heterocycles. The minimum absolute atomic E-state index is 0.0475. The van der Waals surface area contributed by atoms with Crippen molar-refractivity contribution in [3.05, 3.63) is 66.2 Å². The van der Waals surface area contributed by atoms with E-state index < -0.39 is 13.5 Å². The Morgan fingerprint density at radius 2 is 1.61 bits per heavy atom. The van der Waals surface area contributed by atoms with E-state index in [0.717, 1.165) is 19.3 Å². The summed E-state index contributed by atoms with van der Waals surface area (Å²) in [6, 6.07) is 20.6. The standard InChI is InChI=1S/C27H37NO2Si/c1-27(2,3)26(29)28-24(19-21-31(4,5)25-17-10-7-11-18-25)16-12-13-20-30-22-23-14-8-6-9-15-23/h6-11,14-15,17-18,24H,12-13,16,20,22H2,1-5H3,(H,28,29)/t24-/m1/s1. The summed E-state index contributed by atoms with van der Waals surface area (Å²) in [5.41, 5.74) is 4.31. The van der Waals surface area contributed by atoms with E-state index in [1.807, 2.05) is 45.0 Å². The minimum atomic E-state index is -1.87. The molecule has 0 saturated carbocycles. The number of nitrogens with one attached hydrogen (secondary N) is 1. The molecule has 2 rings (SSSR count). The van der Waals surface area contributed by atoms with Gasteiger partial charge in [0.15, 0.2) is 8.07 Å². The smallest absolute Gasteiger partial charge is 0.226 e. The first kappa shape index (κ1) is 24.9. The van der Waals surface area contributed by atoms with Crippen LogP contribution in [0, 0.1) is 16.9 Å². The van der Waals surface area contributed by atoms with Crippen LogP contribution in [0.5, 0.6) is 0 Å². The highest BCUT2D eigenvalue weighted by Gasteiger charge is 2.24. The molecule has 3 nitrogen and oxygen atoms in total. The van der Waals surface area contributed by atoms with Crippen LogP contribution in [0.2, 0.25) is 13.1 Å². The monoisotopic (exact) mass is 435 g/mol. The van der Waals surface area contributed by atoms with Crippen molar-refractivity contribution < 1.29 is 9.53 Å². The maximum Gasteiger partial charge on any atom is 0.226 e. The van der Waals surface area contributed by atoms with Gasteiger partial charge in [-0.2, -0.15) is 0 Å². The van der Waals surface area contributed by atoms with Gasteiger partial charge in [0.1, 0.15) is 0 Å². The lowest BCUT2D eigenvalue weighted by atomic mass is 9.95. The number of ether oxygens (including phenoxy) is 1. The number of carbonyl (C=O) groups is 1. The van der Waals surface area contributed by atoms with Gasteiger partial charge < -0.3 is 10.1 Å². The van der Waals surface area contributed by atoms with Crippen molar-refractivity contribution >= 4 is 19.2 Å². The minimum Gasteiger partial charge on any atom is -0.377 e. The van der Waals surface area contributed by atoms with Gasteiger partial charge in [0.05, 0.1) is 12.6 Å². The first-order valence-electron chi connectivity index (χ1n) is 11.2. The first-order valence-corrected chi connectivity index (χ1v) is 14.2. The number of benzene rings is 2. The number of rotatable bonds is 9. The summed E-state index contributed by atoms with van der Waals surface area (Å²) in [5, 5.41) is 4.48. The maximum absolute atomic E-state index is 12.6. The Hall–Kier alpha value is -2.35. The fourth-order valence-electron chi connectivity index (χ4n) is 3.07. The van der Waals surface area contributed by atoms with Crippen LogP contribution in [0.1, 0.15) is 45.6 Å². The van der Waals surface area contributed by atoms with E-state index >= 15 is 0 Å². The van der Waals surface area contributed by atoms with Gasteiger partial charge in [0, 0.05) is 12.0 Å². The molecule has 0 bridgehead atoms. The molecular weight excluding hydrogens is 398 g/mol. The number of unbranched alkanes of at least 4 members (excludes halogenated alkanes) is 1. The number of amides is 1. The summed E-state index contributed by atoms with van der Waals surface area (Å²) in [6.07, 6.45) is 2.75. The Morgan fingerprint density at radius 3 is 2.23 bits per heavy atom. The fourth-order valence-corrected chi connectivity index (χ4v) is 4.77. The van der Waals surface area contributed by atoms with Crippen LogP contribution in [0.25, 0.3) is 0 Å². The molecule has 0 spiro atoms. The van der Waals surface area contributed by atoms with Gasteiger partial charge in [-0.1, -0.05) is 100 Å². The molecule has 0 fully saturated rings. The lowest BCUT2D eigenvalue weighted by Gasteiger charge is -2.22. The van der Waals surface area contributed by atoms with Crippen molar-refractivity contribution in [2.24, 2.45) is 5.41 Å². The zero-order valence-electron chi connectivity index (χ0n) is 19.7. The largest absolute Gasteiger partial charge is 0.377 e. The molecule has 0 aliphatic rings. The van der Waals surface area contributed by atoms with Crippen molar-refractivity contribution in [1.82, 2.24) is 5.32 Å². The van der Waals surface area contributed by atoms with Gasteiger partial charge in [-0.25, -0.2) is 0 Å². The molecule has 0 unspecified atom stereocenters. The SMILES string of the molecule is CC(C)(C)C(=O)N[C@@H](C#C[Si](C)(C)c1ccccc1)CCCCOCc1ccccc1. The first-order chi connectivity index (χ1) is 14.7. The highest BCUT2D eigenvalue weighted by molar-refractivity contribution is 6.96. The lowest BCUT2D eigenvalue weighted by molar-refractivity contribution is -0.128. The average Bonchev–Trinajstić information content (AvgIpc) is 2.75. The molecule has 166 valence electrons. The van der Waals surface area contributed by atoms with Crippen LogP contribution in [0.4, 0.5) is 0 Å². The Kier molecular flexibility index (Phi) is 9.55. The molecule has 1 amide bonds. The molecule has 1 atom stereocenters. The van der Waals surface area contributed by atoms with Crippen LogP contribution >= 0.6 is 0 Å². The van der Waals surface area contributed by atoms with Gasteiger partial charge in [0.2, 0.25) is 5.91 Å². The second-order valence-corrected chi connectivity index (χ2v) is 13.6. The predicted molar refractivity (Wildman–Crippen MR) is 133 cm³/mol. The molecule has 31 heavy (non-hydrogen) atoms. The third kappa shape index (κ3) is 9.12. The Labute approximate surface area is 189 Å². The Balaban J connectivity index is 1.92. The number of carbonyl (C=O) groups excluding carboxylic acids is 1. The molecule has 0 saturated heterocycles. The quantitative estimate of drug-likeness (QED) is 0.339. The van der Waals surface area contributed by atoms with Crippen molar-refractivity contribution in [3.63, 3.8) is 0 Å². The number of hydrogen-bond donors (Lipinski definition) is 1. The predicted octanol–water partition coefficient (Wildman–Crippen LogP) is 5.06. The molecule has 2 aromatic rings. The van der Waals surface area contributed by atoms with E-state index in [1.165, 1.54) is 10.8 Å². The van der Waals surface area contributed by atoms with Crippen LogP contribution in [-0.4, -0.2) is 26.6 Å².